The van der Waals surface area contributed by atoms with Crippen LogP contribution in [-0.4, -0.2) is 32.4 Å². The molecule has 1 amide bonds. The first-order chi connectivity index (χ1) is 9.16. The van der Waals surface area contributed by atoms with Gasteiger partial charge in [0.25, 0.3) is 5.91 Å². The maximum absolute atomic E-state index is 11.6. The number of thiophene rings is 1. The molecular formula is C11H10N4O3S. The summed E-state index contributed by atoms with van der Waals surface area (Å²) in [5.74, 6) is -1.35. The fraction of sp³-hybridized carbons (Fsp3) is 0.0909. The van der Waals surface area contributed by atoms with Gasteiger partial charge in [-0.3, -0.25) is 4.79 Å². The van der Waals surface area contributed by atoms with Crippen LogP contribution < -0.4 is 5.32 Å². The largest absolute Gasteiger partial charge is 0.478 e. The van der Waals surface area contributed by atoms with Gasteiger partial charge in [0, 0.05) is 11.0 Å². The highest BCUT2D eigenvalue weighted by molar-refractivity contribution is 7.10. The molecule has 0 aliphatic rings. The first-order valence-corrected chi connectivity index (χ1v) is 6.16. The predicted molar refractivity (Wildman–Crippen MR) is 68.5 cm³/mol. The van der Waals surface area contributed by atoms with E-state index in [1.807, 2.05) is 5.38 Å². The second-order valence-corrected chi connectivity index (χ2v) is 4.51. The van der Waals surface area contributed by atoms with E-state index in [2.05, 4.69) is 20.7 Å². The fourth-order valence-corrected chi connectivity index (χ4v) is 2.17. The molecule has 2 heterocycles. The summed E-state index contributed by atoms with van der Waals surface area (Å²) in [4.78, 5) is 23.0. The molecule has 0 atom stereocenters. The van der Waals surface area contributed by atoms with Gasteiger partial charge < -0.3 is 10.4 Å². The van der Waals surface area contributed by atoms with Crippen molar-refractivity contribution < 1.29 is 14.7 Å². The van der Waals surface area contributed by atoms with Crippen LogP contribution in [0.4, 0.5) is 0 Å². The lowest BCUT2D eigenvalue weighted by Gasteiger charge is -2.02. The van der Waals surface area contributed by atoms with Crippen molar-refractivity contribution in [2.45, 2.75) is 6.54 Å². The lowest BCUT2D eigenvalue weighted by Crippen LogP contribution is -2.23. The Morgan fingerprint density at radius 3 is 3.05 bits per heavy atom. The van der Waals surface area contributed by atoms with Crippen LogP contribution in [-0.2, 0) is 11.3 Å². The number of aromatic amines is 1. The van der Waals surface area contributed by atoms with Gasteiger partial charge >= 0.3 is 5.97 Å². The quantitative estimate of drug-likeness (QED) is 0.704. The summed E-state index contributed by atoms with van der Waals surface area (Å²) in [6.45, 7) is 0.308. The van der Waals surface area contributed by atoms with Gasteiger partial charge in [-0.25, -0.2) is 4.79 Å². The number of carboxylic acids is 1. The molecular weight excluding hydrogens is 268 g/mol. The monoisotopic (exact) mass is 278 g/mol. The van der Waals surface area contributed by atoms with Crippen LogP contribution in [0, 0.1) is 0 Å². The van der Waals surface area contributed by atoms with Gasteiger partial charge in [0.05, 0.1) is 12.7 Å². The van der Waals surface area contributed by atoms with Crippen LogP contribution in [0.2, 0.25) is 0 Å². The molecule has 0 unspecified atom stereocenters. The van der Waals surface area contributed by atoms with Gasteiger partial charge in [0.2, 0.25) is 0 Å². The van der Waals surface area contributed by atoms with Gasteiger partial charge in [-0.05, 0) is 23.1 Å². The van der Waals surface area contributed by atoms with E-state index in [9.17, 15) is 9.59 Å². The molecule has 0 aromatic carbocycles. The Morgan fingerprint density at radius 1 is 1.53 bits per heavy atom. The van der Waals surface area contributed by atoms with E-state index in [0.717, 1.165) is 16.5 Å². The number of hydrogen-bond acceptors (Lipinski definition) is 5. The number of rotatable bonds is 5. The molecule has 7 nitrogen and oxygen atoms in total. The smallest absolute Gasteiger partial charge is 0.328 e. The lowest BCUT2D eigenvalue weighted by molar-refractivity contribution is -0.131. The zero-order valence-electron chi connectivity index (χ0n) is 9.66. The van der Waals surface area contributed by atoms with Gasteiger partial charge in [-0.1, -0.05) is 0 Å². The number of amides is 1. The summed E-state index contributed by atoms with van der Waals surface area (Å²) in [5.41, 5.74) is 0.979. The molecule has 98 valence electrons. The summed E-state index contributed by atoms with van der Waals surface area (Å²) in [7, 11) is 0. The maximum atomic E-state index is 11.6. The molecule has 8 heteroatoms. The van der Waals surface area contributed by atoms with E-state index in [-0.39, 0.29) is 11.6 Å². The number of nitrogens with one attached hydrogen (secondary N) is 2. The van der Waals surface area contributed by atoms with Crippen molar-refractivity contribution in [3.8, 4) is 0 Å². The zero-order chi connectivity index (χ0) is 13.7. The molecule has 0 fully saturated rings. The maximum Gasteiger partial charge on any atom is 0.328 e. The van der Waals surface area contributed by atoms with Gasteiger partial charge in [0.1, 0.15) is 0 Å². The third-order valence-corrected chi connectivity index (χ3v) is 3.18. The Balaban J connectivity index is 1.98. The molecule has 19 heavy (non-hydrogen) atoms. The number of H-pyrrole nitrogens is 1. The molecule has 2 aromatic heterocycles. The average Bonchev–Trinajstić information content (AvgIpc) is 3.04. The molecule has 3 N–H and O–H groups in total. The summed E-state index contributed by atoms with van der Waals surface area (Å²) in [6.07, 6.45) is 3.89. The van der Waals surface area contributed by atoms with Gasteiger partial charge in [0.15, 0.2) is 5.69 Å². The SMILES string of the molecule is O=C(O)C=Cc1ccsc1CNC(=O)c1cn[nH]n1. The third kappa shape index (κ3) is 3.49. The van der Waals surface area contributed by atoms with E-state index in [0.29, 0.717) is 6.54 Å². The average molecular weight is 278 g/mol. The first-order valence-electron chi connectivity index (χ1n) is 5.28. The number of aromatic nitrogens is 3. The minimum atomic E-state index is -1.01. The second-order valence-electron chi connectivity index (χ2n) is 3.51. The summed E-state index contributed by atoms with van der Waals surface area (Å²) < 4.78 is 0. The van der Waals surface area contributed by atoms with Crippen molar-refractivity contribution >= 4 is 29.3 Å². The summed E-state index contributed by atoms with van der Waals surface area (Å²) in [5, 5.41) is 22.6. The van der Waals surface area contributed by atoms with Crippen LogP contribution in [0.3, 0.4) is 0 Å². The molecule has 0 bridgehead atoms. The van der Waals surface area contributed by atoms with Crippen LogP contribution in [0.5, 0.6) is 0 Å². The Bertz CT molecular complexity index is 603. The number of carbonyl (C=O) groups is 2. The predicted octanol–water partition coefficient (Wildman–Crippen LogP) is 0.894. The van der Waals surface area contributed by atoms with Crippen molar-refractivity contribution in [1.82, 2.24) is 20.7 Å². The van der Waals surface area contributed by atoms with Crippen molar-refractivity contribution in [3.63, 3.8) is 0 Å². The fourth-order valence-electron chi connectivity index (χ4n) is 1.37. The molecule has 2 rings (SSSR count). The molecule has 0 spiro atoms. The van der Waals surface area contributed by atoms with Crippen molar-refractivity contribution in [3.05, 3.63) is 39.9 Å². The van der Waals surface area contributed by atoms with E-state index in [4.69, 9.17) is 5.11 Å². The normalized spacial score (nSPS) is 10.7. The molecule has 0 radical (unpaired) electrons. The summed E-state index contributed by atoms with van der Waals surface area (Å²) in [6, 6.07) is 1.79. The van der Waals surface area contributed by atoms with E-state index in [1.54, 1.807) is 6.07 Å². The Hall–Kier alpha value is -2.48. The molecule has 0 aliphatic carbocycles. The minimum Gasteiger partial charge on any atom is -0.478 e. The Labute approximate surface area is 112 Å². The van der Waals surface area contributed by atoms with Crippen LogP contribution in [0.25, 0.3) is 6.08 Å². The van der Waals surface area contributed by atoms with Gasteiger partial charge in [-0.2, -0.15) is 15.4 Å². The van der Waals surface area contributed by atoms with Crippen LogP contribution in [0.15, 0.2) is 23.7 Å². The Kier molecular flexibility index (Phi) is 4.04. The molecule has 0 saturated heterocycles. The topological polar surface area (TPSA) is 108 Å². The number of nitrogens with zero attached hydrogens (tertiary/aromatic N) is 2. The van der Waals surface area contributed by atoms with E-state index < -0.39 is 5.97 Å². The first kappa shape index (κ1) is 13.0. The van der Waals surface area contributed by atoms with E-state index >= 15 is 0 Å². The number of aliphatic carboxylic acids is 1. The highest BCUT2D eigenvalue weighted by atomic mass is 32.1. The third-order valence-electron chi connectivity index (χ3n) is 2.24. The lowest BCUT2D eigenvalue weighted by atomic mass is 10.2. The highest BCUT2D eigenvalue weighted by Gasteiger charge is 2.09. The number of carboxylic acid groups (broad SMARTS) is 1. The molecule has 0 saturated carbocycles. The Morgan fingerprint density at radius 2 is 2.37 bits per heavy atom. The number of hydrogen-bond donors (Lipinski definition) is 3. The van der Waals surface area contributed by atoms with E-state index in [1.165, 1.54) is 23.6 Å². The molecule has 0 aliphatic heterocycles. The van der Waals surface area contributed by atoms with Crippen LogP contribution in [0.1, 0.15) is 20.9 Å². The molecule has 2 aromatic rings. The highest BCUT2D eigenvalue weighted by Crippen LogP contribution is 2.18. The van der Waals surface area contributed by atoms with Crippen molar-refractivity contribution in [1.29, 1.82) is 0 Å². The number of carbonyl (C=O) groups excluding carboxylic acids is 1. The standard InChI is InChI=1S/C11H10N4O3S/c16-10(17)2-1-7-3-4-19-9(7)6-12-11(18)8-5-13-15-14-8/h1-5H,6H2,(H,12,18)(H,16,17)(H,13,14,15). The van der Waals surface area contributed by atoms with Crippen LogP contribution >= 0.6 is 11.3 Å². The minimum absolute atomic E-state index is 0.208. The van der Waals surface area contributed by atoms with Crippen molar-refractivity contribution in [2.24, 2.45) is 0 Å². The zero-order valence-corrected chi connectivity index (χ0v) is 10.5. The summed E-state index contributed by atoms with van der Waals surface area (Å²) >= 11 is 1.44. The van der Waals surface area contributed by atoms with Gasteiger partial charge in [-0.15, -0.1) is 11.3 Å². The van der Waals surface area contributed by atoms with Crippen molar-refractivity contribution in [2.75, 3.05) is 0 Å². The second kappa shape index (κ2) is 5.91.